The molecule has 158 valence electrons. The monoisotopic (exact) mass is 406 g/mol. The minimum atomic E-state index is -0.831. The molecule has 0 saturated carbocycles. The Bertz CT molecular complexity index is 879. The van der Waals surface area contributed by atoms with Gasteiger partial charge in [0.15, 0.2) is 11.5 Å². The van der Waals surface area contributed by atoms with E-state index in [1.165, 1.54) is 23.3 Å². The normalized spacial score (nSPS) is 14.4. The number of aliphatic hydroxyl groups is 1. The predicted molar refractivity (Wildman–Crippen MR) is 120 cm³/mol. The lowest BCUT2D eigenvalue weighted by Crippen LogP contribution is -2.41. The summed E-state index contributed by atoms with van der Waals surface area (Å²) < 4.78 is 0. The summed E-state index contributed by atoms with van der Waals surface area (Å²) in [4.78, 5) is 0. The maximum Gasteiger partial charge on any atom is 0.157 e. The molecule has 6 N–H and O–H groups in total. The van der Waals surface area contributed by atoms with Crippen LogP contribution in [0, 0.1) is 0 Å². The Morgan fingerprint density at radius 1 is 0.800 bits per heavy atom. The summed E-state index contributed by atoms with van der Waals surface area (Å²) in [6, 6.07) is 24.7. The van der Waals surface area contributed by atoms with Crippen LogP contribution in [0.25, 0.3) is 0 Å². The van der Waals surface area contributed by atoms with Crippen molar-refractivity contribution >= 4 is 0 Å². The molecule has 0 fully saturated rings. The molecule has 0 aromatic heterocycles. The highest BCUT2D eigenvalue weighted by Gasteiger charge is 2.21. The SMILES string of the molecule is CC(NCC(N)CC(c1ccccc1)c1ccccc1)[C@@H](O)c1ccc(O)c(O)c1. The molecule has 0 aliphatic heterocycles. The number of nitrogens with two attached hydrogens (primary N) is 1. The number of aliphatic hydroxyl groups excluding tert-OH is 1. The molecule has 0 aliphatic carbocycles. The lowest BCUT2D eigenvalue weighted by Gasteiger charge is -2.26. The van der Waals surface area contributed by atoms with E-state index >= 15 is 0 Å². The van der Waals surface area contributed by atoms with Crippen molar-refractivity contribution in [2.24, 2.45) is 5.73 Å². The van der Waals surface area contributed by atoms with E-state index in [1.807, 2.05) is 43.3 Å². The zero-order valence-corrected chi connectivity index (χ0v) is 17.1. The molecule has 5 nitrogen and oxygen atoms in total. The molecule has 3 aromatic carbocycles. The first-order valence-electron chi connectivity index (χ1n) is 10.2. The van der Waals surface area contributed by atoms with Gasteiger partial charge in [-0.2, -0.15) is 0 Å². The molecule has 3 aromatic rings. The van der Waals surface area contributed by atoms with Crippen LogP contribution in [0.3, 0.4) is 0 Å². The summed E-state index contributed by atoms with van der Waals surface area (Å²) in [6.45, 7) is 2.41. The molecule has 0 radical (unpaired) electrons. The first-order valence-corrected chi connectivity index (χ1v) is 10.2. The van der Waals surface area contributed by atoms with Gasteiger partial charge in [-0.05, 0) is 42.2 Å². The Balaban J connectivity index is 1.62. The third-order valence-electron chi connectivity index (χ3n) is 5.46. The number of phenols is 2. The largest absolute Gasteiger partial charge is 0.504 e. The summed E-state index contributed by atoms with van der Waals surface area (Å²) in [7, 11) is 0. The molecular weight excluding hydrogens is 376 g/mol. The summed E-state index contributed by atoms with van der Waals surface area (Å²) >= 11 is 0. The molecule has 0 bridgehead atoms. The second kappa shape index (κ2) is 10.3. The number of phenolic OH excluding ortho intramolecular Hbond substituents is 2. The summed E-state index contributed by atoms with van der Waals surface area (Å²) in [5, 5.41) is 33.0. The first kappa shape index (κ1) is 21.8. The fourth-order valence-electron chi connectivity index (χ4n) is 3.68. The van der Waals surface area contributed by atoms with E-state index in [2.05, 4.69) is 29.6 Å². The molecule has 0 spiro atoms. The van der Waals surface area contributed by atoms with E-state index < -0.39 is 6.10 Å². The summed E-state index contributed by atoms with van der Waals surface area (Å²) in [5.41, 5.74) is 9.45. The predicted octanol–water partition coefficient (Wildman–Crippen LogP) is 3.66. The van der Waals surface area contributed by atoms with Crippen molar-refractivity contribution in [3.63, 3.8) is 0 Å². The van der Waals surface area contributed by atoms with Gasteiger partial charge >= 0.3 is 0 Å². The van der Waals surface area contributed by atoms with Crippen molar-refractivity contribution < 1.29 is 15.3 Å². The Labute approximate surface area is 177 Å². The minimum Gasteiger partial charge on any atom is -0.504 e. The van der Waals surface area contributed by atoms with Crippen LogP contribution in [0.1, 0.15) is 42.1 Å². The highest BCUT2D eigenvalue weighted by Crippen LogP contribution is 2.30. The molecule has 3 rings (SSSR count). The van der Waals surface area contributed by atoms with Crippen LogP contribution in [0.4, 0.5) is 0 Å². The van der Waals surface area contributed by atoms with Gasteiger partial charge < -0.3 is 26.4 Å². The topological polar surface area (TPSA) is 98.7 Å². The molecular formula is C25H30N2O3. The maximum atomic E-state index is 10.6. The van der Waals surface area contributed by atoms with Crippen LogP contribution in [-0.4, -0.2) is 33.9 Å². The molecule has 0 saturated heterocycles. The Kier molecular flexibility index (Phi) is 7.46. The highest BCUT2D eigenvalue weighted by atomic mass is 16.3. The molecule has 5 heteroatoms. The van der Waals surface area contributed by atoms with Gasteiger partial charge in [0, 0.05) is 24.5 Å². The second-order valence-corrected chi connectivity index (χ2v) is 7.76. The quantitative estimate of drug-likeness (QED) is 0.349. The number of aromatic hydroxyl groups is 2. The van der Waals surface area contributed by atoms with Crippen molar-refractivity contribution in [3.05, 3.63) is 95.6 Å². The highest BCUT2D eigenvalue weighted by molar-refractivity contribution is 5.41. The standard InChI is InChI=1S/C25H30N2O3/c1-17(25(30)20-12-13-23(28)24(29)14-20)27-16-21(26)15-22(18-8-4-2-5-9-18)19-10-6-3-7-11-19/h2-14,17,21-22,25,27-30H,15-16,26H2,1H3/t17?,21?,25-/m1/s1. The average Bonchev–Trinajstić information content (AvgIpc) is 2.78. The van der Waals surface area contributed by atoms with Crippen LogP contribution in [0.2, 0.25) is 0 Å². The second-order valence-electron chi connectivity index (χ2n) is 7.76. The number of hydrogen-bond acceptors (Lipinski definition) is 5. The smallest absolute Gasteiger partial charge is 0.157 e. The third-order valence-corrected chi connectivity index (χ3v) is 5.46. The summed E-state index contributed by atoms with van der Waals surface area (Å²) in [5.74, 6) is -0.260. The van der Waals surface area contributed by atoms with E-state index in [4.69, 9.17) is 5.73 Å². The molecule has 0 aliphatic rings. The van der Waals surface area contributed by atoms with E-state index in [9.17, 15) is 15.3 Å². The Morgan fingerprint density at radius 3 is 1.90 bits per heavy atom. The first-order chi connectivity index (χ1) is 14.5. The van der Waals surface area contributed by atoms with Crippen molar-refractivity contribution in [2.75, 3.05) is 6.54 Å². The summed E-state index contributed by atoms with van der Waals surface area (Å²) in [6.07, 6.45) is -0.0631. The van der Waals surface area contributed by atoms with Crippen molar-refractivity contribution in [1.29, 1.82) is 0 Å². The van der Waals surface area contributed by atoms with Gasteiger partial charge in [-0.3, -0.25) is 0 Å². The van der Waals surface area contributed by atoms with Crippen molar-refractivity contribution in [2.45, 2.75) is 37.5 Å². The average molecular weight is 407 g/mol. The lowest BCUT2D eigenvalue weighted by atomic mass is 9.86. The van der Waals surface area contributed by atoms with Gasteiger partial charge in [-0.1, -0.05) is 66.7 Å². The van der Waals surface area contributed by atoms with Crippen LogP contribution in [0.15, 0.2) is 78.9 Å². The van der Waals surface area contributed by atoms with Crippen LogP contribution >= 0.6 is 0 Å². The van der Waals surface area contributed by atoms with E-state index in [1.54, 1.807) is 6.07 Å². The Hall–Kier alpha value is -2.86. The molecule has 2 unspecified atom stereocenters. The van der Waals surface area contributed by atoms with Crippen LogP contribution < -0.4 is 11.1 Å². The van der Waals surface area contributed by atoms with Crippen LogP contribution in [0.5, 0.6) is 11.5 Å². The van der Waals surface area contributed by atoms with Gasteiger partial charge in [0.05, 0.1) is 6.10 Å². The molecule has 0 heterocycles. The number of hydrogen-bond donors (Lipinski definition) is 5. The van der Waals surface area contributed by atoms with E-state index in [0.717, 1.165) is 6.42 Å². The fraction of sp³-hybridized carbons (Fsp3) is 0.280. The van der Waals surface area contributed by atoms with E-state index in [-0.39, 0.29) is 29.5 Å². The fourth-order valence-corrected chi connectivity index (χ4v) is 3.68. The van der Waals surface area contributed by atoms with Crippen molar-refractivity contribution in [3.8, 4) is 11.5 Å². The minimum absolute atomic E-state index is 0.113. The maximum absolute atomic E-state index is 10.6. The zero-order chi connectivity index (χ0) is 21.5. The van der Waals surface area contributed by atoms with E-state index in [0.29, 0.717) is 12.1 Å². The van der Waals surface area contributed by atoms with Gasteiger partial charge in [0.25, 0.3) is 0 Å². The van der Waals surface area contributed by atoms with Gasteiger partial charge in [0.1, 0.15) is 0 Å². The lowest BCUT2D eigenvalue weighted by molar-refractivity contribution is 0.134. The Morgan fingerprint density at radius 2 is 1.37 bits per heavy atom. The van der Waals surface area contributed by atoms with Crippen molar-refractivity contribution in [1.82, 2.24) is 5.32 Å². The van der Waals surface area contributed by atoms with Crippen LogP contribution in [-0.2, 0) is 0 Å². The molecule has 3 atom stereocenters. The zero-order valence-electron chi connectivity index (χ0n) is 17.1. The third kappa shape index (κ3) is 5.60. The number of rotatable bonds is 9. The number of benzene rings is 3. The molecule has 0 amide bonds. The number of nitrogens with one attached hydrogen (secondary N) is 1. The van der Waals surface area contributed by atoms with Gasteiger partial charge in [0.2, 0.25) is 0 Å². The van der Waals surface area contributed by atoms with Gasteiger partial charge in [-0.25, -0.2) is 0 Å². The van der Waals surface area contributed by atoms with Gasteiger partial charge in [-0.15, -0.1) is 0 Å². The molecule has 30 heavy (non-hydrogen) atoms.